The van der Waals surface area contributed by atoms with E-state index in [9.17, 15) is 0 Å². The molecule has 0 bridgehead atoms. The number of hydrogen-bond acceptors (Lipinski definition) is 3. The molecule has 0 saturated heterocycles. The molecule has 1 aromatic carbocycles. The molecule has 1 unspecified atom stereocenters. The highest BCUT2D eigenvalue weighted by atomic mass is 16.5. The maximum absolute atomic E-state index is 5.94. The molecule has 0 aliphatic carbocycles. The van der Waals surface area contributed by atoms with Crippen molar-refractivity contribution in [3.05, 3.63) is 53.0 Å². The van der Waals surface area contributed by atoms with Gasteiger partial charge in [-0.15, -0.1) is 0 Å². The Morgan fingerprint density at radius 1 is 1.26 bits per heavy atom. The maximum atomic E-state index is 5.94. The van der Waals surface area contributed by atoms with Crippen LogP contribution in [0.2, 0.25) is 0 Å². The van der Waals surface area contributed by atoms with Gasteiger partial charge in [-0.25, -0.2) is 0 Å². The van der Waals surface area contributed by atoms with E-state index < -0.39 is 0 Å². The zero-order valence-corrected chi connectivity index (χ0v) is 11.8. The lowest BCUT2D eigenvalue weighted by Crippen LogP contribution is -2.16. The average Bonchev–Trinajstić information content (AvgIpc) is 2.91. The van der Waals surface area contributed by atoms with E-state index >= 15 is 0 Å². The highest BCUT2D eigenvalue weighted by molar-refractivity contribution is 5.44. The van der Waals surface area contributed by atoms with Crippen LogP contribution in [0.5, 0.6) is 5.75 Å². The summed E-state index contributed by atoms with van der Waals surface area (Å²) in [5.41, 5.74) is 9.58. The standard InChI is InChI=1S/C16H21NO2/c1-11-7-15(16(18-3)8-12(11)2)13(10-17)9-14-5-4-6-19-14/h4-8,13H,9-10,17H2,1-3H3. The predicted octanol–water partition coefficient (Wildman–Crippen LogP) is 3.19. The van der Waals surface area contributed by atoms with Crippen LogP contribution in [-0.4, -0.2) is 13.7 Å². The monoisotopic (exact) mass is 259 g/mol. The SMILES string of the molecule is COc1cc(C)c(C)cc1C(CN)Cc1ccco1. The number of aryl methyl sites for hydroxylation is 2. The number of rotatable bonds is 5. The van der Waals surface area contributed by atoms with Crippen molar-refractivity contribution in [1.82, 2.24) is 0 Å². The van der Waals surface area contributed by atoms with Crippen molar-refractivity contribution in [3.63, 3.8) is 0 Å². The lowest BCUT2D eigenvalue weighted by atomic mass is 9.91. The third-order valence-electron chi connectivity index (χ3n) is 3.60. The third-order valence-corrected chi connectivity index (χ3v) is 3.60. The average molecular weight is 259 g/mol. The predicted molar refractivity (Wildman–Crippen MR) is 76.7 cm³/mol. The van der Waals surface area contributed by atoms with Crippen molar-refractivity contribution < 1.29 is 9.15 Å². The van der Waals surface area contributed by atoms with Gasteiger partial charge in [0.2, 0.25) is 0 Å². The minimum atomic E-state index is 0.209. The molecule has 0 saturated carbocycles. The van der Waals surface area contributed by atoms with Crippen LogP contribution in [0.3, 0.4) is 0 Å². The summed E-state index contributed by atoms with van der Waals surface area (Å²) in [6.07, 6.45) is 2.49. The van der Waals surface area contributed by atoms with E-state index in [0.717, 1.165) is 23.5 Å². The highest BCUT2D eigenvalue weighted by Crippen LogP contribution is 2.31. The first-order valence-corrected chi connectivity index (χ1v) is 6.53. The van der Waals surface area contributed by atoms with Gasteiger partial charge in [-0.05, 0) is 55.3 Å². The van der Waals surface area contributed by atoms with Gasteiger partial charge >= 0.3 is 0 Å². The molecule has 0 aliphatic heterocycles. The molecule has 19 heavy (non-hydrogen) atoms. The van der Waals surface area contributed by atoms with Crippen molar-refractivity contribution in [3.8, 4) is 5.75 Å². The summed E-state index contributed by atoms with van der Waals surface area (Å²) in [6, 6.07) is 8.14. The number of furan rings is 1. The second-order valence-corrected chi connectivity index (χ2v) is 4.89. The van der Waals surface area contributed by atoms with Gasteiger partial charge in [0.25, 0.3) is 0 Å². The van der Waals surface area contributed by atoms with Gasteiger partial charge in [-0.3, -0.25) is 0 Å². The summed E-state index contributed by atoms with van der Waals surface area (Å²) in [5.74, 6) is 2.07. The molecule has 0 amide bonds. The molecule has 3 heteroatoms. The van der Waals surface area contributed by atoms with Crippen molar-refractivity contribution >= 4 is 0 Å². The lowest BCUT2D eigenvalue weighted by Gasteiger charge is -2.19. The molecule has 0 spiro atoms. The molecule has 1 aromatic heterocycles. The topological polar surface area (TPSA) is 48.4 Å². The maximum Gasteiger partial charge on any atom is 0.122 e. The Kier molecular flexibility index (Phi) is 4.27. The first-order valence-electron chi connectivity index (χ1n) is 6.53. The van der Waals surface area contributed by atoms with Gasteiger partial charge in [-0.1, -0.05) is 6.07 Å². The zero-order chi connectivity index (χ0) is 13.8. The smallest absolute Gasteiger partial charge is 0.122 e. The van der Waals surface area contributed by atoms with E-state index in [-0.39, 0.29) is 5.92 Å². The number of methoxy groups -OCH3 is 1. The van der Waals surface area contributed by atoms with Crippen LogP contribution in [-0.2, 0) is 6.42 Å². The van der Waals surface area contributed by atoms with Crippen molar-refractivity contribution in [1.29, 1.82) is 0 Å². The van der Waals surface area contributed by atoms with Gasteiger partial charge in [0, 0.05) is 12.3 Å². The molecule has 0 radical (unpaired) electrons. The summed E-state index contributed by atoms with van der Waals surface area (Å²) in [5, 5.41) is 0. The summed E-state index contributed by atoms with van der Waals surface area (Å²) < 4.78 is 10.9. The van der Waals surface area contributed by atoms with Crippen molar-refractivity contribution in [2.24, 2.45) is 5.73 Å². The molecule has 3 nitrogen and oxygen atoms in total. The Morgan fingerprint density at radius 2 is 2.00 bits per heavy atom. The first kappa shape index (κ1) is 13.7. The Bertz CT molecular complexity index is 532. The van der Waals surface area contributed by atoms with Crippen LogP contribution >= 0.6 is 0 Å². The highest BCUT2D eigenvalue weighted by Gasteiger charge is 2.17. The van der Waals surface area contributed by atoms with E-state index in [1.165, 1.54) is 11.1 Å². The zero-order valence-electron chi connectivity index (χ0n) is 11.8. The van der Waals surface area contributed by atoms with Crippen LogP contribution in [0.15, 0.2) is 34.9 Å². The Hall–Kier alpha value is -1.74. The van der Waals surface area contributed by atoms with E-state index in [0.29, 0.717) is 6.54 Å². The van der Waals surface area contributed by atoms with E-state index in [1.807, 2.05) is 12.1 Å². The molecule has 2 N–H and O–H groups in total. The lowest BCUT2D eigenvalue weighted by molar-refractivity contribution is 0.402. The molecular formula is C16H21NO2. The number of ether oxygens (including phenoxy) is 1. The number of hydrogen-bond donors (Lipinski definition) is 1. The molecular weight excluding hydrogens is 238 g/mol. The molecule has 1 heterocycles. The van der Waals surface area contributed by atoms with E-state index in [1.54, 1.807) is 13.4 Å². The molecule has 0 fully saturated rings. The summed E-state index contributed by atoms with van der Waals surface area (Å²) >= 11 is 0. The fraction of sp³-hybridized carbons (Fsp3) is 0.375. The fourth-order valence-electron chi connectivity index (χ4n) is 2.30. The van der Waals surface area contributed by atoms with Crippen molar-refractivity contribution in [2.45, 2.75) is 26.2 Å². The normalized spacial score (nSPS) is 12.4. The van der Waals surface area contributed by atoms with Crippen molar-refractivity contribution in [2.75, 3.05) is 13.7 Å². The summed E-state index contributed by atoms with van der Waals surface area (Å²) in [4.78, 5) is 0. The summed E-state index contributed by atoms with van der Waals surface area (Å²) in [6.45, 7) is 4.77. The first-order chi connectivity index (χ1) is 9.15. The number of benzene rings is 1. The second kappa shape index (κ2) is 5.93. The molecule has 2 aromatic rings. The Balaban J connectivity index is 2.34. The molecule has 0 aliphatic rings. The van der Waals surface area contributed by atoms with Crippen LogP contribution in [0.1, 0.15) is 28.4 Å². The molecule has 2 rings (SSSR count). The fourth-order valence-corrected chi connectivity index (χ4v) is 2.30. The third kappa shape index (κ3) is 2.99. The van der Waals surface area contributed by atoms with Gasteiger partial charge < -0.3 is 14.9 Å². The van der Waals surface area contributed by atoms with Crippen LogP contribution < -0.4 is 10.5 Å². The molecule has 102 valence electrons. The minimum Gasteiger partial charge on any atom is -0.496 e. The van der Waals surface area contributed by atoms with E-state index in [4.69, 9.17) is 14.9 Å². The molecule has 1 atom stereocenters. The Labute approximate surface area is 114 Å². The minimum absolute atomic E-state index is 0.209. The van der Waals surface area contributed by atoms with Gasteiger partial charge in [0.15, 0.2) is 0 Å². The van der Waals surface area contributed by atoms with Crippen LogP contribution in [0, 0.1) is 13.8 Å². The van der Waals surface area contributed by atoms with Gasteiger partial charge in [0.05, 0.1) is 13.4 Å². The van der Waals surface area contributed by atoms with Crippen LogP contribution in [0.4, 0.5) is 0 Å². The second-order valence-electron chi connectivity index (χ2n) is 4.89. The van der Waals surface area contributed by atoms with Gasteiger partial charge in [0.1, 0.15) is 11.5 Å². The van der Waals surface area contributed by atoms with Crippen LogP contribution in [0.25, 0.3) is 0 Å². The largest absolute Gasteiger partial charge is 0.496 e. The van der Waals surface area contributed by atoms with E-state index in [2.05, 4.69) is 26.0 Å². The summed E-state index contributed by atoms with van der Waals surface area (Å²) in [7, 11) is 1.70. The number of nitrogens with two attached hydrogens (primary N) is 1. The quantitative estimate of drug-likeness (QED) is 0.897. The Morgan fingerprint density at radius 3 is 2.58 bits per heavy atom. The van der Waals surface area contributed by atoms with Gasteiger partial charge in [-0.2, -0.15) is 0 Å².